The van der Waals surface area contributed by atoms with Gasteiger partial charge in [0.1, 0.15) is 5.82 Å². The molecule has 0 aliphatic carbocycles. The molecule has 0 bridgehead atoms. The number of carbonyl (C=O) groups is 1. The van der Waals surface area contributed by atoms with Crippen LogP contribution in [0, 0.1) is 0 Å². The van der Waals surface area contributed by atoms with E-state index >= 15 is 0 Å². The highest BCUT2D eigenvalue weighted by Gasteiger charge is 2.12. The Labute approximate surface area is 136 Å². The number of thiophene rings is 1. The number of nitrogens with one attached hydrogen (secondary N) is 2. The molecule has 0 saturated heterocycles. The zero-order valence-corrected chi connectivity index (χ0v) is 12.8. The van der Waals surface area contributed by atoms with Crippen molar-refractivity contribution in [3.05, 3.63) is 65.7 Å². The number of pyridine rings is 1. The van der Waals surface area contributed by atoms with E-state index in [2.05, 4.69) is 20.5 Å². The van der Waals surface area contributed by atoms with Crippen LogP contribution in [0.25, 0.3) is 21.5 Å². The van der Waals surface area contributed by atoms with Crippen LogP contribution in [0.15, 0.2) is 60.0 Å². The van der Waals surface area contributed by atoms with E-state index in [0.717, 1.165) is 21.5 Å². The Morgan fingerprint density at radius 2 is 2.00 bits per heavy atom. The van der Waals surface area contributed by atoms with Gasteiger partial charge < -0.3 is 5.32 Å². The maximum absolute atomic E-state index is 12.3. The maximum atomic E-state index is 12.3. The molecule has 1 aromatic carbocycles. The van der Waals surface area contributed by atoms with E-state index in [1.807, 2.05) is 47.8 Å². The molecule has 0 atom stereocenters. The van der Waals surface area contributed by atoms with Crippen molar-refractivity contribution in [3.63, 3.8) is 0 Å². The fourth-order valence-corrected chi connectivity index (χ4v) is 3.00. The van der Waals surface area contributed by atoms with Gasteiger partial charge in [-0.25, -0.2) is 4.98 Å². The lowest BCUT2D eigenvalue weighted by atomic mass is 10.2. The summed E-state index contributed by atoms with van der Waals surface area (Å²) in [5, 5.41) is 12.7. The summed E-state index contributed by atoms with van der Waals surface area (Å²) in [6, 6.07) is 17.2. The average Bonchev–Trinajstić information content (AvgIpc) is 3.26. The first-order valence-electron chi connectivity index (χ1n) is 7.06. The van der Waals surface area contributed by atoms with Gasteiger partial charge in [-0.2, -0.15) is 5.10 Å². The van der Waals surface area contributed by atoms with Gasteiger partial charge in [-0.3, -0.25) is 9.89 Å². The van der Waals surface area contributed by atoms with Crippen LogP contribution in [-0.2, 0) is 0 Å². The van der Waals surface area contributed by atoms with Crippen molar-refractivity contribution in [2.45, 2.75) is 0 Å². The first kappa shape index (κ1) is 13.7. The van der Waals surface area contributed by atoms with Crippen molar-refractivity contribution in [2.24, 2.45) is 0 Å². The topological polar surface area (TPSA) is 70.7 Å². The molecule has 0 radical (unpaired) electrons. The van der Waals surface area contributed by atoms with Gasteiger partial charge in [0.25, 0.3) is 5.91 Å². The molecule has 5 nitrogen and oxygen atoms in total. The summed E-state index contributed by atoms with van der Waals surface area (Å²) < 4.78 is 0. The van der Waals surface area contributed by atoms with Crippen molar-refractivity contribution in [1.82, 2.24) is 15.2 Å². The maximum Gasteiger partial charge on any atom is 0.277 e. The summed E-state index contributed by atoms with van der Waals surface area (Å²) in [5.41, 5.74) is 2.01. The third-order valence-corrected chi connectivity index (χ3v) is 4.34. The lowest BCUT2D eigenvalue weighted by molar-refractivity contribution is 0.102. The monoisotopic (exact) mass is 320 g/mol. The molecule has 4 aromatic rings. The number of hydrogen-bond acceptors (Lipinski definition) is 4. The van der Waals surface area contributed by atoms with Crippen LogP contribution in [-0.4, -0.2) is 21.1 Å². The van der Waals surface area contributed by atoms with Gasteiger partial charge in [-0.1, -0.05) is 24.3 Å². The van der Waals surface area contributed by atoms with Crippen molar-refractivity contribution < 1.29 is 4.79 Å². The van der Waals surface area contributed by atoms with Gasteiger partial charge in [0.15, 0.2) is 5.69 Å². The quantitative estimate of drug-likeness (QED) is 0.600. The Kier molecular flexibility index (Phi) is 3.36. The number of H-pyrrole nitrogens is 1. The smallest absolute Gasteiger partial charge is 0.277 e. The zero-order chi connectivity index (χ0) is 15.6. The second-order valence-electron chi connectivity index (χ2n) is 4.99. The Hall–Kier alpha value is -2.99. The highest BCUT2D eigenvalue weighted by molar-refractivity contribution is 7.13. The lowest BCUT2D eigenvalue weighted by Gasteiger charge is -2.03. The summed E-state index contributed by atoms with van der Waals surface area (Å²) in [4.78, 5) is 17.8. The first-order valence-corrected chi connectivity index (χ1v) is 7.94. The number of fused-ring (bicyclic) bond motifs is 1. The first-order chi connectivity index (χ1) is 11.3. The Morgan fingerprint density at radius 3 is 2.87 bits per heavy atom. The number of aromatic amines is 1. The largest absolute Gasteiger partial charge is 0.305 e. The van der Waals surface area contributed by atoms with Crippen LogP contribution in [0.3, 0.4) is 0 Å². The third-order valence-electron chi connectivity index (χ3n) is 3.44. The summed E-state index contributed by atoms with van der Waals surface area (Å²) in [7, 11) is 0. The van der Waals surface area contributed by atoms with E-state index in [1.54, 1.807) is 23.5 Å². The fourth-order valence-electron chi connectivity index (χ4n) is 2.31. The predicted octanol–water partition coefficient (Wildman–Crippen LogP) is 3.94. The lowest BCUT2D eigenvalue weighted by Crippen LogP contribution is -2.13. The zero-order valence-electron chi connectivity index (χ0n) is 12.0. The van der Waals surface area contributed by atoms with Crippen LogP contribution in [0.5, 0.6) is 0 Å². The summed E-state index contributed by atoms with van der Waals surface area (Å²) in [6.45, 7) is 0. The van der Waals surface area contributed by atoms with Crippen LogP contribution in [0.1, 0.15) is 10.5 Å². The van der Waals surface area contributed by atoms with Crippen molar-refractivity contribution in [1.29, 1.82) is 0 Å². The summed E-state index contributed by atoms with van der Waals surface area (Å²) in [6.07, 6.45) is 0. The minimum Gasteiger partial charge on any atom is -0.305 e. The molecular weight excluding hydrogens is 308 g/mol. The highest BCUT2D eigenvalue weighted by Crippen LogP contribution is 2.23. The van der Waals surface area contributed by atoms with Crippen LogP contribution < -0.4 is 5.32 Å². The van der Waals surface area contributed by atoms with E-state index < -0.39 is 0 Å². The van der Waals surface area contributed by atoms with E-state index in [-0.39, 0.29) is 5.91 Å². The SMILES string of the molecule is O=C(Nc1ccc2ccccc2n1)c1cc(-c2cccs2)[nH]n1. The molecule has 0 fully saturated rings. The number of benzene rings is 1. The molecule has 4 rings (SSSR count). The van der Waals surface area contributed by atoms with Crippen LogP contribution in [0.4, 0.5) is 5.82 Å². The number of hydrogen-bond donors (Lipinski definition) is 2. The minimum absolute atomic E-state index is 0.285. The molecule has 0 saturated carbocycles. The second kappa shape index (κ2) is 5.66. The van der Waals surface area contributed by atoms with Crippen molar-refractivity contribution in [3.8, 4) is 10.6 Å². The molecule has 0 unspecified atom stereocenters. The molecule has 23 heavy (non-hydrogen) atoms. The number of carbonyl (C=O) groups excluding carboxylic acids is 1. The van der Waals surface area contributed by atoms with Crippen molar-refractivity contribution in [2.75, 3.05) is 5.32 Å². The predicted molar refractivity (Wildman–Crippen MR) is 91.6 cm³/mol. The van der Waals surface area contributed by atoms with Gasteiger partial charge in [0, 0.05) is 5.39 Å². The molecule has 0 aliphatic rings. The average molecular weight is 320 g/mol. The summed E-state index contributed by atoms with van der Waals surface area (Å²) >= 11 is 1.59. The Balaban J connectivity index is 1.57. The fraction of sp³-hybridized carbons (Fsp3) is 0. The van der Waals surface area contributed by atoms with Gasteiger partial charge in [0.2, 0.25) is 0 Å². The molecule has 2 N–H and O–H groups in total. The van der Waals surface area contributed by atoms with Gasteiger partial charge in [-0.05, 0) is 35.7 Å². The van der Waals surface area contributed by atoms with E-state index in [4.69, 9.17) is 0 Å². The number of anilines is 1. The molecule has 1 amide bonds. The van der Waals surface area contributed by atoms with Crippen molar-refractivity contribution >= 4 is 34.0 Å². The number of rotatable bonds is 3. The molecular formula is C17H12N4OS. The van der Waals surface area contributed by atoms with E-state index in [0.29, 0.717) is 11.5 Å². The molecule has 0 spiro atoms. The number of para-hydroxylation sites is 1. The molecule has 3 heterocycles. The number of nitrogens with zero attached hydrogens (tertiary/aromatic N) is 2. The Morgan fingerprint density at radius 1 is 1.09 bits per heavy atom. The number of amides is 1. The van der Waals surface area contributed by atoms with Gasteiger partial charge in [0.05, 0.1) is 16.1 Å². The van der Waals surface area contributed by atoms with Crippen LogP contribution in [0.2, 0.25) is 0 Å². The minimum atomic E-state index is -0.285. The molecule has 6 heteroatoms. The second-order valence-corrected chi connectivity index (χ2v) is 5.94. The van der Waals surface area contributed by atoms with Gasteiger partial charge in [-0.15, -0.1) is 11.3 Å². The van der Waals surface area contributed by atoms with Crippen LogP contribution >= 0.6 is 11.3 Å². The number of aromatic nitrogens is 3. The highest BCUT2D eigenvalue weighted by atomic mass is 32.1. The summed E-state index contributed by atoms with van der Waals surface area (Å²) in [5.74, 6) is 0.223. The molecule has 0 aliphatic heterocycles. The van der Waals surface area contributed by atoms with E-state index in [1.165, 1.54) is 0 Å². The third kappa shape index (κ3) is 2.72. The van der Waals surface area contributed by atoms with E-state index in [9.17, 15) is 4.79 Å². The standard InChI is InChI=1S/C17H12N4OS/c22-17(14-10-13(20-21-14)15-6-3-9-23-15)19-16-8-7-11-4-1-2-5-12(11)18-16/h1-10H,(H,20,21)(H,18,19,22). The molecule has 112 valence electrons. The van der Waals surface area contributed by atoms with Gasteiger partial charge >= 0.3 is 0 Å². The normalized spacial score (nSPS) is 10.8. The molecule has 3 aromatic heterocycles. The Bertz CT molecular complexity index is 975.